The Morgan fingerprint density at radius 3 is 2.57 bits per heavy atom. The van der Waals surface area contributed by atoms with Crippen molar-refractivity contribution in [2.75, 3.05) is 11.9 Å². The lowest BCUT2D eigenvalue weighted by Gasteiger charge is -2.08. The van der Waals surface area contributed by atoms with E-state index in [0.29, 0.717) is 11.1 Å². The van der Waals surface area contributed by atoms with E-state index in [0.717, 1.165) is 15.7 Å². The number of fused-ring (bicyclic) bond motifs is 1. The summed E-state index contributed by atoms with van der Waals surface area (Å²) >= 11 is 3.40. The van der Waals surface area contributed by atoms with Crippen LogP contribution in [0.15, 0.2) is 59.1 Å². The van der Waals surface area contributed by atoms with Crippen LogP contribution in [0.25, 0.3) is 5.57 Å². The zero-order valence-electron chi connectivity index (χ0n) is 11.3. The molecule has 21 heavy (non-hydrogen) atoms. The highest BCUT2D eigenvalue weighted by Gasteiger charge is 2.30. The summed E-state index contributed by atoms with van der Waals surface area (Å²) in [5.41, 5.74) is 2.60. The zero-order chi connectivity index (χ0) is 15.0. The Kier molecular flexibility index (Phi) is 3.47. The van der Waals surface area contributed by atoms with E-state index in [1.807, 2.05) is 24.3 Å². The van der Waals surface area contributed by atoms with Gasteiger partial charge in [0, 0.05) is 22.6 Å². The third-order valence-electron chi connectivity index (χ3n) is 3.48. The Morgan fingerprint density at radius 2 is 1.86 bits per heavy atom. The number of amides is 1. The lowest BCUT2D eigenvalue weighted by atomic mass is 10.0. The van der Waals surface area contributed by atoms with Crippen molar-refractivity contribution in [2.24, 2.45) is 0 Å². The molecule has 0 N–H and O–H groups in total. The Hall–Kier alpha value is -2.20. The van der Waals surface area contributed by atoms with Gasteiger partial charge in [-0.15, -0.1) is 0 Å². The van der Waals surface area contributed by atoms with Crippen molar-refractivity contribution in [3.05, 3.63) is 70.2 Å². The van der Waals surface area contributed by atoms with Crippen LogP contribution >= 0.6 is 15.9 Å². The minimum atomic E-state index is -0.167. The SMILES string of the molecule is CN1C(=O)C(=CC(=O)c2ccccc2)c2cc(Br)ccc21. The minimum Gasteiger partial charge on any atom is -0.311 e. The molecule has 0 aliphatic carbocycles. The summed E-state index contributed by atoms with van der Waals surface area (Å²) in [5.74, 6) is -0.326. The second-order valence-electron chi connectivity index (χ2n) is 4.81. The molecule has 2 aromatic rings. The first-order valence-corrected chi connectivity index (χ1v) is 7.26. The van der Waals surface area contributed by atoms with Gasteiger partial charge >= 0.3 is 0 Å². The molecule has 2 aromatic carbocycles. The fraction of sp³-hybridized carbons (Fsp3) is 0.0588. The van der Waals surface area contributed by atoms with Crippen molar-refractivity contribution in [1.29, 1.82) is 0 Å². The van der Waals surface area contributed by atoms with Crippen LogP contribution in [0.3, 0.4) is 0 Å². The molecule has 3 rings (SSSR count). The van der Waals surface area contributed by atoms with Gasteiger partial charge in [0.05, 0.1) is 11.3 Å². The second kappa shape index (κ2) is 5.30. The largest absolute Gasteiger partial charge is 0.311 e. The molecule has 1 aliphatic rings. The van der Waals surface area contributed by atoms with Gasteiger partial charge in [-0.25, -0.2) is 0 Å². The van der Waals surface area contributed by atoms with Gasteiger partial charge in [0.2, 0.25) is 0 Å². The smallest absolute Gasteiger partial charge is 0.258 e. The van der Waals surface area contributed by atoms with E-state index in [9.17, 15) is 9.59 Å². The van der Waals surface area contributed by atoms with Crippen molar-refractivity contribution in [3.8, 4) is 0 Å². The summed E-state index contributed by atoms with van der Waals surface area (Å²) < 4.78 is 0.877. The Morgan fingerprint density at radius 1 is 1.14 bits per heavy atom. The predicted molar refractivity (Wildman–Crippen MR) is 86.3 cm³/mol. The summed E-state index contributed by atoms with van der Waals surface area (Å²) in [4.78, 5) is 26.2. The summed E-state index contributed by atoms with van der Waals surface area (Å²) in [6.45, 7) is 0. The van der Waals surface area contributed by atoms with Gasteiger partial charge in [0.15, 0.2) is 5.78 Å². The first-order valence-electron chi connectivity index (χ1n) is 6.47. The van der Waals surface area contributed by atoms with E-state index in [4.69, 9.17) is 0 Å². The van der Waals surface area contributed by atoms with Crippen LogP contribution in [0.4, 0.5) is 5.69 Å². The number of hydrogen-bond donors (Lipinski definition) is 0. The monoisotopic (exact) mass is 341 g/mol. The van der Waals surface area contributed by atoms with Gasteiger partial charge in [-0.2, -0.15) is 0 Å². The predicted octanol–water partition coefficient (Wildman–Crippen LogP) is 3.69. The molecule has 0 atom stereocenters. The van der Waals surface area contributed by atoms with E-state index < -0.39 is 0 Å². The molecule has 0 unspecified atom stereocenters. The van der Waals surface area contributed by atoms with E-state index in [-0.39, 0.29) is 11.7 Å². The topological polar surface area (TPSA) is 37.4 Å². The summed E-state index contributed by atoms with van der Waals surface area (Å²) in [5, 5.41) is 0. The lowest BCUT2D eigenvalue weighted by Crippen LogP contribution is -2.20. The van der Waals surface area contributed by atoms with Crippen molar-refractivity contribution >= 4 is 38.9 Å². The molecule has 0 fully saturated rings. The van der Waals surface area contributed by atoms with Crippen LogP contribution in [0.5, 0.6) is 0 Å². The van der Waals surface area contributed by atoms with Gasteiger partial charge in [0.1, 0.15) is 0 Å². The zero-order valence-corrected chi connectivity index (χ0v) is 12.9. The van der Waals surface area contributed by atoms with E-state index >= 15 is 0 Å². The average molecular weight is 342 g/mol. The molecule has 0 spiro atoms. The van der Waals surface area contributed by atoms with Crippen LogP contribution in [0.2, 0.25) is 0 Å². The molecule has 0 radical (unpaired) electrons. The Labute approximate surface area is 131 Å². The first-order chi connectivity index (χ1) is 10.1. The normalized spacial score (nSPS) is 15.4. The number of ketones is 1. The Bertz CT molecular complexity index is 766. The maximum Gasteiger partial charge on any atom is 0.258 e. The maximum atomic E-state index is 12.3. The lowest BCUT2D eigenvalue weighted by molar-refractivity contribution is -0.112. The van der Waals surface area contributed by atoms with E-state index in [2.05, 4.69) is 15.9 Å². The molecule has 1 amide bonds. The van der Waals surface area contributed by atoms with Crippen LogP contribution in [-0.2, 0) is 4.79 Å². The minimum absolute atomic E-state index is 0.160. The van der Waals surface area contributed by atoms with Crippen molar-refractivity contribution < 1.29 is 9.59 Å². The number of rotatable bonds is 2. The number of likely N-dealkylation sites (N-methyl/N-ethyl adjacent to an activating group) is 1. The molecule has 0 saturated heterocycles. The van der Waals surface area contributed by atoms with E-state index in [1.165, 1.54) is 6.08 Å². The van der Waals surface area contributed by atoms with Crippen LogP contribution < -0.4 is 4.90 Å². The number of anilines is 1. The van der Waals surface area contributed by atoms with Gasteiger partial charge in [-0.05, 0) is 24.3 Å². The number of carbonyl (C=O) groups excluding carboxylic acids is 2. The third-order valence-corrected chi connectivity index (χ3v) is 3.97. The molecular weight excluding hydrogens is 330 g/mol. The summed E-state index contributed by atoms with van der Waals surface area (Å²) in [7, 11) is 1.71. The molecule has 1 heterocycles. The standard InChI is InChI=1S/C17H12BrNO2/c1-19-15-8-7-12(18)9-13(15)14(17(19)21)10-16(20)11-5-3-2-4-6-11/h2-10H,1H3. The number of benzene rings is 2. The highest BCUT2D eigenvalue weighted by atomic mass is 79.9. The number of allylic oxidation sites excluding steroid dienone is 1. The molecule has 0 aromatic heterocycles. The van der Waals surface area contributed by atoms with Gasteiger partial charge in [0.25, 0.3) is 5.91 Å². The number of carbonyl (C=O) groups is 2. The van der Waals surface area contributed by atoms with Crippen molar-refractivity contribution in [3.63, 3.8) is 0 Å². The molecule has 0 saturated carbocycles. The fourth-order valence-electron chi connectivity index (χ4n) is 2.38. The van der Waals surface area contributed by atoms with Gasteiger partial charge < -0.3 is 4.90 Å². The number of halogens is 1. The molecule has 4 heteroatoms. The van der Waals surface area contributed by atoms with E-state index in [1.54, 1.807) is 36.2 Å². The van der Waals surface area contributed by atoms with Crippen LogP contribution in [0, 0.1) is 0 Å². The summed E-state index contributed by atoms with van der Waals surface area (Å²) in [6.07, 6.45) is 1.42. The molecule has 3 nitrogen and oxygen atoms in total. The highest BCUT2D eigenvalue weighted by Crippen LogP contribution is 2.37. The van der Waals surface area contributed by atoms with Crippen molar-refractivity contribution in [1.82, 2.24) is 0 Å². The van der Waals surface area contributed by atoms with Crippen LogP contribution in [-0.4, -0.2) is 18.7 Å². The first kappa shape index (κ1) is 13.8. The Balaban J connectivity index is 2.07. The second-order valence-corrected chi connectivity index (χ2v) is 5.73. The quantitative estimate of drug-likeness (QED) is 0.617. The van der Waals surface area contributed by atoms with Gasteiger partial charge in [-0.1, -0.05) is 46.3 Å². The number of nitrogens with zero attached hydrogens (tertiary/aromatic N) is 1. The molecule has 1 aliphatic heterocycles. The summed E-state index contributed by atoms with van der Waals surface area (Å²) in [6, 6.07) is 14.5. The maximum absolute atomic E-state index is 12.3. The molecule has 0 bridgehead atoms. The number of hydrogen-bond acceptors (Lipinski definition) is 2. The third kappa shape index (κ3) is 2.43. The van der Waals surface area contributed by atoms with Gasteiger partial charge in [-0.3, -0.25) is 9.59 Å². The molecular formula is C17H12BrNO2. The van der Waals surface area contributed by atoms with Crippen molar-refractivity contribution in [2.45, 2.75) is 0 Å². The molecule has 104 valence electrons. The van der Waals surface area contributed by atoms with Crippen LogP contribution in [0.1, 0.15) is 15.9 Å². The highest BCUT2D eigenvalue weighted by molar-refractivity contribution is 9.10. The fourth-order valence-corrected chi connectivity index (χ4v) is 2.74. The average Bonchev–Trinajstić information content (AvgIpc) is 2.73.